The summed E-state index contributed by atoms with van der Waals surface area (Å²) < 4.78 is 0. The Kier molecular flexibility index (Phi) is 6.65. The number of nitrogens with one attached hydrogen (secondary N) is 1. The van der Waals surface area contributed by atoms with E-state index in [0.717, 1.165) is 12.5 Å². The van der Waals surface area contributed by atoms with Crippen LogP contribution in [0.1, 0.15) is 60.3 Å². The summed E-state index contributed by atoms with van der Waals surface area (Å²) >= 11 is 0. The molecule has 1 unspecified atom stereocenters. The number of nitrogens with zero attached hydrogens (tertiary/aromatic N) is 1. The first-order valence-corrected chi connectivity index (χ1v) is 7.95. The van der Waals surface area contributed by atoms with Crippen LogP contribution in [-0.4, -0.2) is 37.1 Å². The summed E-state index contributed by atoms with van der Waals surface area (Å²) in [6, 6.07) is 0.596. The average molecular weight is 254 g/mol. The third kappa shape index (κ3) is 6.19. The van der Waals surface area contributed by atoms with Crippen molar-refractivity contribution < 1.29 is 0 Å². The first-order chi connectivity index (χ1) is 8.49. The van der Waals surface area contributed by atoms with Crippen LogP contribution in [0, 0.1) is 11.3 Å². The zero-order valence-corrected chi connectivity index (χ0v) is 13.3. The lowest BCUT2D eigenvalue weighted by Crippen LogP contribution is -2.44. The Hall–Kier alpha value is -0.0800. The van der Waals surface area contributed by atoms with E-state index in [0.29, 0.717) is 11.5 Å². The summed E-state index contributed by atoms with van der Waals surface area (Å²) in [7, 11) is 0. The Balaban J connectivity index is 2.44. The molecule has 0 spiro atoms. The van der Waals surface area contributed by atoms with Crippen LogP contribution in [0.2, 0.25) is 0 Å². The molecule has 1 aliphatic carbocycles. The normalized spacial score (nSPS) is 19.5. The van der Waals surface area contributed by atoms with Gasteiger partial charge in [0.05, 0.1) is 0 Å². The van der Waals surface area contributed by atoms with Gasteiger partial charge >= 0.3 is 0 Å². The van der Waals surface area contributed by atoms with Gasteiger partial charge in [-0.1, -0.05) is 34.6 Å². The predicted octanol–water partition coefficient (Wildman–Crippen LogP) is 3.52. The Morgan fingerprint density at radius 2 is 1.94 bits per heavy atom. The van der Waals surface area contributed by atoms with Gasteiger partial charge in [-0.05, 0) is 43.6 Å². The van der Waals surface area contributed by atoms with E-state index in [1.54, 1.807) is 0 Å². The van der Waals surface area contributed by atoms with E-state index >= 15 is 0 Å². The van der Waals surface area contributed by atoms with Crippen molar-refractivity contribution in [3.8, 4) is 0 Å². The minimum absolute atomic E-state index is 0.425. The van der Waals surface area contributed by atoms with Crippen LogP contribution in [-0.2, 0) is 0 Å². The van der Waals surface area contributed by atoms with Crippen LogP contribution >= 0.6 is 0 Å². The van der Waals surface area contributed by atoms with Crippen molar-refractivity contribution in [3.05, 3.63) is 0 Å². The largest absolute Gasteiger partial charge is 0.314 e. The summed E-state index contributed by atoms with van der Waals surface area (Å²) in [5.74, 6) is 1.01. The van der Waals surface area contributed by atoms with Gasteiger partial charge in [0.2, 0.25) is 0 Å². The summed E-state index contributed by atoms with van der Waals surface area (Å²) in [5, 5.41) is 3.63. The maximum absolute atomic E-state index is 3.63. The SMILES string of the molecule is CCCN(CC1CC1)CC(C)(CC)CNC(C)C. The summed E-state index contributed by atoms with van der Waals surface area (Å²) in [4.78, 5) is 2.71. The van der Waals surface area contributed by atoms with Crippen LogP contribution in [0.25, 0.3) is 0 Å². The molecule has 0 amide bonds. The predicted molar refractivity (Wildman–Crippen MR) is 81.0 cm³/mol. The van der Waals surface area contributed by atoms with E-state index in [4.69, 9.17) is 0 Å². The minimum Gasteiger partial charge on any atom is -0.314 e. The molecule has 2 heteroatoms. The first kappa shape index (κ1) is 16.0. The first-order valence-electron chi connectivity index (χ1n) is 7.95. The highest BCUT2D eigenvalue weighted by molar-refractivity contribution is 4.84. The molecule has 0 saturated heterocycles. The third-order valence-electron chi connectivity index (χ3n) is 4.15. The highest BCUT2D eigenvalue weighted by atomic mass is 15.1. The maximum Gasteiger partial charge on any atom is 0.00475 e. The summed E-state index contributed by atoms with van der Waals surface area (Å²) in [5.41, 5.74) is 0.425. The van der Waals surface area contributed by atoms with Gasteiger partial charge in [-0.25, -0.2) is 0 Å². The molecule has 0 radical (unpaired) electrons. The third-order valence-corrected chi connectivity index (χ3v) is 4.15. The monoisotopic (exact) mass is 254 g/mol. The average Bonchev–Trinajstić information content (AvgIpc) is 3.11. The molecule has 0 aromatic rings. The van der Waals surface area contributed by atoms with Crippen molar-refractivity contribution in [1.29, 1.82) is 0 Å². The molecule has 1 saturated carbocycles. The molecule has 0 bridgehead atoms. The maximum atomic E-state index is 3.63. The van der Waals surface area contributed by atoms with Crippen LogP contribution in [0.15, 0.2) is 0 Å². The number of hydrogen-bond donors (Lipinski definition) is 1. The van der Waals surface area contributed by atoms with Crippen molar-refractivity contribution in [1.82, 2.24) is 10.2 Å². The topological polar surface area (TPSA) is 15.3 Å². The Morgan fingerprint density at radius 1 is 1.28 bits per heavy atom. The molecule has 0 aromatic carbocycles. The highest BCUT2D eigenvalue weighted by Gasteiger charge is 2.29. The minimum atomic E-state index is 0.425. The number of rotatable bonds is 10. The molecule has 1 fully saturated rings. The molecular weight excluding hydrogens is 220 g/mol. The van der Waals surface area contributed by atoms with Gasteiger partial charge in [0.15, 0.2) is 0 Å². The van der Waals surface area contributed by atoms with Gasteiger partial charge in [0, 0.05) is 25.7 Å². The molecule has 1 aliphatic rings. The van der Waals surface area contributed by atoms with Gasteiger partial charge in [0.1, 0.15) is 0 Å². The van der Waals surface area contributed by atoms with E-state index in [-0.39, 0.29) is 0 Å². The van der Waals surface area contributed by atoms with E-state index in [1.165, 1.54) is 45.3 Å². The lowest BCUT2D eigenvalue weighted by Gasteiger charge is -2.36. The van der Waals surface area contributed by atoms with Crippen molar-refractivity contribution >= 4 is 0 Å². The lowest BCUT2D eigenvalue weighted by atomic mass is 9.86. The summed E-state index contributed by atoms with van der Waals surface area (Å²) in [6.07, 6.45) is 5.47. The second-order valence-electron chi connectivity index (χ2n) is 6.88. The smallest absolute Gasteiger partial charge is 0.00475 e. The van der Waals surface area contributed by atoms with Crippen LogP contribution in [0.3, 0.4) is 0 Å². The van der Waals surface area contributed by atoms with E-state index < -0.39 is 0 Å². The van der Waals surface area contributed by atoms with Gasteiger partial charge in [-0.15, -0.1) is 0 Å². The van der Waals surface area contributed by atoms with Crippen LogP contribution in [0.4, 0.5) is 0 Å². The number of hydrogen-bond acceptors (Lipinski definition) is 2. The van der Waals surface area contributed by atoms with Gasteiger partial charge in [-0.3, -0.25) is 0 Å². The van der Waals surface area contributed by atoms with Crippen LogP contribution in [0.5, 0.6) is 0 Å². The molecule has 1 rings (SSSR count). The molecule has 2 nitrogen and oxygen atoms in total. The second kappa shape index (κ2) is 7.49. The van der Waals surface area contributed by atoms with E-state index in [9.17, 15) is 0 Å². The summed E-state index contributed by atoms with van der Waals surface area (Å²) in [6.45, 7) is 16.6. The van der Waals surface area contributed by atoms with Crippen molar-refractivity contribution in [2.24, 2.45) is 11.3 Å². The molecule has 18 heavy (non-hydrogen) atoms. The van der Waals surface area contributed by atoms with Crippen molar-refractivity contribution in [3.63, 3.8) is 0 Å². The molecule has 0 aromatic heterocycles. The van der Waals surface area contributed by atoms with Gasteiger partial charge < -0.3 is 10.2 Å². The fraction of sp³-hybridized carbons (Fsp3) is 1.00. The molecule has 0 aliphatic heterocycles. The molecule has 1 N–H and O–H groups in total. The van der Waals surface area contributed by atoms with E-state index in [1.807, 2.05) is 0 Å². The zero-order valence-electron chi connectivity index (χ0n) is 13.3. The molecule has 1 atom stereocenters. The fourth-order valence-electron chi connectivity index (χ4n) is 2.50. The molecular formula is C16H34N2. The Morgan fingerprint density at radius 3 is 2.39 bits per heavy atom. The quantitative estimate of drug-likeness (QED) is 0.641. The highest BCUT2D eigenvalue weighted by Crippen LogP contribution is 2.31. The molecule has 0 heterocycles. The second-order valence-corrected chi connectivity index (χ2v) is 6.88. The van der Waals surface area contributed by atoms with Crippen LogP contribution < -0.4 is 5.32 Å². The van der Waals surface area contributed by atoms with Crippen molar-refractivity contribution in [2.45, 2.75) is 66.3 Å². The zero-order chi connectivity index (χ0) is 13.6. The van der Waals surface area contributed by atoms with Gasteiger partial charge in [-0.2, -0.15) is 0 Å². The van der Waals surface area contributed by atoms with E-state index in [2.05, 4.69) is 44.8 Å². The Bertz CT molecular complexity index is 223. The van der Waals surface area contributed by atoms with Crippen molar-refractivity contribution in [2.75, 3.05) is 26.2 Å². The Labute approximate surface area is 115 Å². The fourth-order valence-corrected chi connectivity index (χ4v) is 2.50. The lowest BCUT2D eigenvalue weighted by molar-refractivity contribution is 0.147. The van der Waals surface area contributed by atoms with Gasteiger partial charge in [0.25, 0.3) is 0 Å². The molecule has 108 valence electrons. The standard InChI is InChI=1S/C16H34N2/c1-6-10-18(11-15-8-9-15)13-16(5,7-2)12-17-14(3)4/h14-15,17H,6-13H2,1-5H3.